The third-order valence-electron chi connectivity index (χ3n) is 1.97. The van der Waals surface area contributed by atoms with E-state index in [1.54, 1.807) is 11.3 Å². The van der Waals surface area contributed by atoms with Gasteiger partial charge in [0.25, 0.3) is 0 Å². The molecule has 0 radical (unpaired) electrons. The molecular formula is C10H14OS. The highest BCUT2D eigenvalue weighted by Crippen LogP contribution is 2.22. The highest BCUT2D eigenvalue weighted by Gasteiger charge is 2.07. The van der Waals surface area contributed by atoms with Gasteiger partial charge in [0.2, 0.25) is 0 Å². The molecule has 0 aliphatic rings. The van der Waals surface area contributed by atoms with Gasteiger partial charge in [0.1, 0.15) is 0 Å². The Hall–Kier alpha value is -0.630. The Morgan fingerprint density at radius 2 is 2.25 bits per heavy atom. The maximum atomic E-state index is 10.7. The SMILES string of the molecule is CCCc1scc(CC)c1C=O. The smallest absolute Gasteiger partial charge is 0.151 e. The summed E-state index contributed by atoms with van der Waals surface area (Å²) in [4.78, 5) is 12.0. The Labute approximate surface area is 77.4 Å². The molecule has 0 bridgehead atoms. The fraction of sp³-hybridized carbons (Fsp3) is 0.500. The quantitative estimate of drug-likeness (QED) is 0.654. The second-order valence-electron chi connectivity index (χ2n) is 2.82. The predicted octanol–water partition coefficient (Wildman–Crippen LogP) is 3.08. The van der Waals surface area contributed by atoms with Gasteiger partial charge in [-0.1, -0.05) is 20.3 Å². The lowest BCUT2D eigenvalue weighted by molar-refractivity contribution is 0.112. The molecule has 0 aliphatic carbocycles. The first-order valence-corrected chi connectivity index (χ1v) is 5.25. The molecule has 1 nitrogen and oxygen atoms in total. The number of carbonyl (C=O) groups excluding carboxylic acids is 1. The summed E-state index contributed by atoms with van der Waals surface area (Å²) in [6, 6.07) is 0. The number of aryl methyl sites for hydroxylation is 2. The zero-order valence-electron chi connectivity index (χ0n) is 7.59. The van der Waals surface area contributed by atoms with E-state index < -0.39 is 0 Å². The van der Waals surface area contributed by atoms with Gasteiger partial charge in [-0.25, -0.2) is 0 Å². The van der Waals surface area contributed by atoms with Crippen LogP contribution in [0.4, 0.5) is 0 Å². The third kappa shape index (κ3) is 1.75. The van der Waals surface area contributed by atoms with Crippen molar-refractivity contribution in [1.82, 2.24) is 0 Å². The van der Waals surface area contributed by atoms with Gasteiger partial charge in [-0.2, -0.15) is 0 Å². The van der Waals surface area contributed by atoms with Crippen molar-refractivity contribution in [2.45, 2.75) is 33.1 Å². The minimum absolute atomic E-state index is 0.948. The molecule has 66 valence electrons. The zero-order valence-corrected chi connectivity index (χ0v) is 8.41. The molecule has 2 heteroatoms. The van der Waals surface area contributed by atoms with E-state index in [0.717, 1.165) is 31.1 Å². The molecule has 0 amide bonds. The molecule has 0 fully saturated rings. The van der Waals surface area contributed by atoms with Crippen molar-refractivity contribution in [2.75, 3.05) is 0 Å². The van der Waals surface area contributed by atoms with Crippen LogP contribution >= 0.6 is 11.3 Å². The number of thiophene rings is 1. The first kappa shape index (κ1) is 9.46. The maximum Gasteiger partial charge on any atom is 0.151 e. The van der Waals surface area contributed by atoms with Crippen molar-refractivity contribution in [3.63, 3.8) is 0 Å². The van der Waals surface area contributed by atoms with Crippen LogP contribution in [0.5, 0.6) is 0 Å². The second-order valence-corrected chi connectivity index (χ2v) is 3.78. The van der Waals surface area contributed by atoms with Crippen molar-refractivity contribution < 1.29 is 4.79 Å². The van der Waals surface area contributed by atoms with Gasteiger partial charge in [-0.15, -0.1) is 11.3 Å². The molecule has 1 heterocycles. The van der Waals surface area contributed by atoms with Crippen molar-refractivity contribution >= 4 is 17.6 Å². The summed E-state index contributed by atoms with van der Waals surface area (Å²) in [5, 5.41) is 2.11. The van der Waals surface area contributed by atoms with E-state index in [1.807, 2.05) is 0 Å². The molecular weight excluding hydrogens is 168 g/mol. The minimum atomic E-state index is 0.948. The van der Waals surface area contributed by atoms with Crippen LogP contribution < -0.4 is 0 Å². The molecule has 0 saturated heterocycles. The van der Waals surface area contributed by atoms with Crippen LogP contribution in [0.15, 0.2) is 5.38 Å². The van der Waals surface area contributed by atoms with Crippen molar-refractivity contribution in [3.8, 4) is 0 Å². The summed E-state index contributed by atoms with van der Waals surface area (Å²) in [6.45, 7) is 4.23. The van der Waals surface area contributed by atoms with Gasteiger partial charge in [0.15, 0.2) is 6.29 Å². The fourth-order valence-electron chi connectivity index (χ4n) is 1.28. The normalized spacial score (nSPS) is 10.2. The Bertz CT molecular complexity index is 263. The molecule has 0 atom stereocenters. The van der Waals surface area contributed by atoms with Gasteiger partial charge in [-0.05, 0) is 23.8 Å². The van der Waals surface area contributed by atoms with E-state index in [2.05, 4.69) is 19.2 Å². The van der Waals surface area contributed by atoms with E-state index in [4.69, 9.17) is 0 Å². The molecule has 0 saturated carbocycles. The topological polar surface area (TPSA) is 17.1 Å². The fourth-order valence-corrected chi connectivity index (χ4v) is 2.49. The molecule has 12 heavy (non-hydrogen) atoms. The molecule has 0 aromatic carbocycles. The van der Waals surface area contributed by atoms with Crippen molar-refractivity contribution in [2.24, 2.45) is 0 Å². The first-order valence-electron chi connectivity index (χ1n) is 4.37. The maximum absolute atomic E-state index is 10.7. The average molecular weight is 182 g/mol. The predicted molar refractivity (Wildman–Crippen MR) is 53.1 cm³/mol. The minimum Gasteiger partial charge on any atom is -0.298 e. The van der Waals surface area contributed by atoms with Crippen LogP contribution in [-0.2, 0) is 12.8 Å². The van der Waals surface area contributed by atoms with E-state index >= 15 is 0 Å². The van der Waals surface area contributed by atoms with Gasteiger partial charge in [-0.3, -0.25) is 4.79 Å². The van der Waals surface area contributed by atoms with Crippen molar-refractivity contribution in [3.05, 3.63) is 21.4 Å². The summed E-state index contributed by atoms with van der Waals surface area (Å²) < 4.78 is 0. The molecule has 0 N–H and O–H groups in total. The van der Waals surface area contributed by atoms with Gasteiger partial charge >= 0.3 is 0 Å². The number of hydrogen-bond acceptors (Lipinski definition) is 2. The van der Waals surface area contributed by atoms with Crippen LogP contribution in [-0.4, -0.2) is 6.29 Å². The Morgan fingerprint density at radius 1 is 1.50 bits per heavy atom. The highest BCUT2D eigenvalue weighted by atomic mass is 32.1. The summed E-state index contributed by atoms with van der Waals surface area (Å²) in [7, 11) is 0. The van der Waals surface area contributed by atoms with E-state index in [9.17, 15) is 4.79 Å². The van der Waals surface area contributed by atoms with Gasteiger partial charge in [0, 0.05) is 10.4 Å². The summed E-state index contributed by atoms with van der Waals surface area (Å²) in [5.74, 6) is 0. The van der Waals surface area contributed by atoms with Crippen LogP contribution in [0, 0.1) is 0 Å². The third-order valence-corrected chi connectivity index (χ3v) is 3.08. The lowest BCUT2D eigenvalue weighted by Crippen LogP contribution is -1.89. The molecule has 1 aromatic rings. The number of carbonyl (C=O) groups is 1. The molecule has 0 spiro atoms. The zero-order chi connectivity index (χ0) is 8.97. The van der Waals surface area contributed by atoms with Gasteiger partial charge < -0.3 is 0 Å². The summed E-state index contributed by atoms with van der Waals surface area (Å²) >= 11 is 1.72. The number of rotatable bonds is 4. The lowest BCUT2D eigenvalue weighted by atomic mass is 10.1. The van der Waals surface area contributed by atoms with E-state index in [-0.39, 0.29) is 0 Å². The van der Waals surface area contributed by atoms with Gasteiger partial charge in [0.05, 0.1) is 0 Å². The number of hydrogen-bond donors (Lipinski definition) is 0. The van der Waals surface area contributed by atoms with Crippen LogP contribution in [0.3, 0.4) is 0 Å². The van der Waals surface area contributed by atoms with Crippen LogP contribution in [0.1, 0.15) is 41.1 Å². The Kier molecular flexibility index (Phi) is 3.48. The average Bonchev–Trinajstić information content (AvgIpc) is 2.47. The monoisotopic (exact) mass is 182 g/mol. The largest absolute Gasteiger partial charge is 0.298 e. The molecule has 0 aliphatic heterocycles. The van der Waals surface area contributed by atoms with Crippen LogP contribution in [0.2, 0.25) is 0 Å². The molecule has 1 rings (SSSR count). The lowest BCUT2D eigenvalue weighted by Gasteiger charge is -1.96. The van der Waals surface area contributed by atoms with Crippen LogP contribution in [0.25, 0.3) is 0 Å². The number of aldehydes is 1. The Morgan fingerprint density at radius 3 is 2.75 bits per heavy atom. The Balaban J connectivity index is 2.96. The van der Waals surface area contributed by atoms with E-state index in [1.165, 1.54) is 10.4 Å². The standard InChI is InChI=1S/C10H14OS/c1-3-5-10-9(6-11)8(4-2)7-12-10/h6-7H,3-5H2,1-2H3. The highest BCUT2D eigenvalue weighted by molar-refractivity contribution is 7.10. The molecule has 1 aromatic heterocycles. The summed E-state index contributed by atoms with van der Waals surface area (Å²) in [6.07, 6.45) is 4.12. The van der Waals surface area contributed by atoms with E-state index in [0.29, 0.717) is 0 Å². The summed E-state index contributed by atoms with van der Waals surface area (Å²) in [5.41, 5.74) is 2.16. The first-order chi connectivity index (χ1) is 5.83. The van der Waals surface area contributed by atoms with Crippen molar-refractivity contribution in [1.29, 1.82) is 0 Å². The molecule has 0 unspecified atom stereocenters. The second kappa shape index (κ2) is 4.41.